The van der Waals surface area contributed by atoms with Gasteiger partial charge in [0, 0.05) is 36.8 Å². The number of hydrogen-bond acceptors (Lipinski definition) is 4. The van der Waals surface area contributed by atoms with E-state index in [-0.39, 0.29) is 11.7 Å². The largest absolute Gasteiger partial charge is 0.524 e. The molecule has 2 rings (SSSR count). The highest BCUT2D eigenvalue weighted by Crippen LogP contribution is 2.46. The number of benzene rings is 1. The van der Waals surface area contributed by atoms with Gasteiger partial charge in [0.25, 0.3) is 0 Å². The molecule has 0 fully saturated rings. The van der Waals surface area contributed by atoms with E-state index < -0.39 is 7.82 Å². The van der Waals surface area contributed by atoms with Gasteiger partial charge >= 0.3 is 7.82 Å². The van der Waals surface area contributed by atoms with Crippen molar-refractivity contribution in [1.82, 2.24) is 4.90 Å². The first-order valence-electron chi connectivity index (χ1n) is 7.50. The van der Waals surface area contributed by atoms with Gasteiger partial charge in [0.15, 0.2) is 0 Å². The summed E-state index contributed by atoms with van der Waals surface area (Å²) in [7, 11) is -4.57. The Labute approximate surface area is 136 Å². The van der Waals surface area contributed by atoms with Crippen molar-refractivity contribution in [1.29, 1.82) is 0 Å². The van der Waals surface area contributed by atoms with Gasteiger partial charge in [-0.25, -0.2) is 4.57 Å². The standard InChI is InChI=1S/C16H23N2O4P/c1-3-9-18(10-4-2)11-8-13-12-17-14-6-5-7-15(16(13)14)22-23(19,20)21/h3-7,13,17H,1-2,8-12H2,(H2,19,20,21). The third kappa shape index (κ3) is 4.94. The van der Waals surface area contributed by atoms with E-state index in [9.17, 15) is 4.57 Å². The zero-order valence-electron chi connectivity index (χ0n) is 13.0. The van der Waals surface area contributed by atoms with Crippen LogP contribution in [0, 0.1) is 0 Å². The number of rotatable bonds is 9. The Morgan fingerprint density at radius 3 is 2.65 bits per heavy atom. The summed E-state index contributed by atoms with van der Waals surface area (Å²) in [6.07, 6.45) is 4.56. The Morgan fingerprint density at radius 1 is 1.35 bits per heavy atom. The lowest BCUT2D eigenvalue weighted by Crippen LogP contribution is -2.26. The van der Waals surface area contributed by atoms with Crippen molar-refractivity contribution in [3.05, 3.63) is 49.1 Å². The van der Waals surface area contributed by atoms with Crippen LogP contribution in [0.15, 0.2) is 43.5 Å². The molecule has 0 bridgehead atoms. The lowest BCUT2D eigenvalue weighted by molar-refractivity contribution is 0.281. The van der Waals surface area contributed by atoms with Gasteiger partial charge in [-0.2, -0.15) is 0 Å². The van der Waals surface area contributed by atoms with Crippen LogP contribution in [0.5, 0.6) is 5.75 Å². The van der Waals surface area contributed by atoms with E-state index in [1.807, 2.05) is 18.2 Å². The van der Waals surface area contributed by atoms with E-state index in [0.29, 0.717) is 0 Å². The number of nitrogens with one attached hydrogen (secondary N) is 1. The van der Waals surface area contributed by atoms with Gasteiger partial charge in [-0.3, -0.25) is 14.7 Å². The molecule has 1 aromatic carbocycles. The Morgan fingerprint density at radius 2 is 2.04 bits per heavy atom. The van der Waals surface area contributed by atoms with Crippen molar-refractivity contribution in [2.45, 2.75) is 12.3 Å². The normalized spacial score (nSPS) is 16.7. The van der Waals surface area contributed by atoms with E-state index in [1.165, 1.54) is 0 Å². The third-order valence-electron chi connectivity index (χ3n) is 3.80. The van der Waals surface area contributed by atoms with Gasteiger partial charge < -0.3 is 9.84 Å². The van der Waals surface area contributed by atoms with E-state index in [1.54, 1.807) is 12.1 Å². The Kier molecular flexibility index (Phi) is 6.02. The second kappa shape index (κ2) is 7.79. The summed E-state index contributed by atoms with van der Waals surface area (Å²) in [5.74, 6) is 0.398. The summed E-state index contributed by atoms with van der Waals surface area (Å²) in [5.41, 5.74) is 1.72. The van der Waals surface area contributed by atoms with Crippen molar-refractivity contribution in [3.8, 4) is 5.75 Å². The van der Waals surface area contributed by atoms with Crippen molar-refractivity contribution in [3.63, 3.8) is 0 Å². The molecule has 0 saturated heterocycles. The maximum Gasteiger partial charge on any atom is 0.524 e. The second-order valence-corrected chi connectivity index (χ2v) is 6.67. The molecule has 1 unspecified atom stereocenters. The van der Waals surface area contributed by atoms with Crippen LogP contribution in [0.1, 0.15) is 17.9 Å². The fourth-order valence-corrected chi connectivity index (χ4v) is 3.28. The fourth-order valence-electron chi connectivity index (χ4n) is 2.87. The Bertz CT molecular complexity index is 604. The molecule has 1 aliphatic rings. The smallest absolute Gasteiger partial charge is 0.404 e. The summed E-state index contributed by atoms with van der Waals surface area (Å²) in [6.45, 7) is 10.6. The number of hydrogen-bond donors (Lipinski definition) is 3. The minimum absolute atomic E-state index is 0.143. The molecule has 126 valence electrons. The minimum Gasteiger partial charge on any atom is -0.404 e. The van der Waals surface area contributed by atoms with Gasteiger partial charge in [-0.1, -0.05) is 18.2 Å². The SMILES string of the molecule is C=CCN(CC=C)CCC1CNc2cccc(OP(=O)(O)O)c21. The highest BCUT2D eigenvalue weighted by atomic mass is 31.2. The monoisotopic (exact) mass is 338 g/mol. The van der Waals surface area contributed by atoms with Crippen LogP contribution in [0.4, 0.5) is 5.69 Å². The number of phosphoric ester groups is 1. The molecular weight excluding hydrogens is 315 g/mol. The number of nitrogens with zero attached hydrogens (tertiary/aromatic N) is 1. The summed E-state index contributed by atoms with van der Waals surface area (Å²) in [6, 6.07) is 5.22. The molecule has 23 heavy (non-hydrogen) atoms. The number of anilines is 1. The van der Waals surface area contributed by atoms with E-state index in [4.69, 9.17) is 14.3 Å². The lowest BCUT2D eigenvalue weighted by Gasteiger charge is -2.21. The molecule has 3 N–H and O–H groups in total. The summed E-state index contributed by atoms with van der Waals surface area (Å²) >= 11 is 0. The molecule has 7 heteroatoms. The van der Waals surface area contributed by atoms with E-state index >= 15 is 0 Å². The molecule has 1 aliphatic heterocycles. The molecule has 0 radical (unpaired) electrons. The van der Waals surface area contributed by atoms with Gasteiger partial charge in [0.2, 0.25) is 0 Å². The first-order chi connectivity index (χ1) is 10.9. The second-order valence-electron chi connectivity index (χ2n) is 5.50. The zero-order chi connectivity index (χ0) is 16.9. The first kappa shape index (κ1) is 17.8. The van der Waals surface area contributed by atoms with Gasteiger partial charge in [0.05, 0.1) is 0 Å². The maximum absolute atomic E-state index is 11.2. The van der Waals surface area contributed by atoms with Crippen molar-refractivity contribution in [2.75, 3.05) is 31.5 Å². The first-order valence-corrected chi connectivity index (χ1v) is 9.03. The van der Waals surface area contributed by atoms with Crippen LogP contribution in [-0.2, 0) is 4.57 Å². The molecule has 1 atom stereocenters. The van der Waals surface area contributed by atoms with Gasteiger partial charge in [-0.05, 0) is 25.1 Å². The highest BCUT2D eigenvalue weighted by molar-refractivity contribution is 7.46. The number of fused-ring (bicyclic) bond motifs is 1. The summed E-state index contributed by atoms with van der Waals surface area (Å²) in [4.78, 5) is 20.4. The fraction of sp³-hybridized carbons (Fsp3) is 0.375. The molecule has 0 saturated carbocycles. The van der Waals surface area contributed by atoms with E-state index in [2.05, 4.69) is 23.4 Å². The molecule has 0 aliphatic carbocycles. The predicted octanol–water partition coefficient (Wildman–Crippen LogP) is 2.73. The van der Waals surface area contributed by atoms with Crippen LogP contribution in [-0.4, -0.2) is 40.9 Å². The minimum atomic E-state index is -4.57. The van der Waals surface area contributed by atoms with Crippen LogP contribution < -0.4 is 9.84 Å². The molecule has 1 aromatic rings. The number of phosphoric acid groups is 1. The van der Waals surface area contributed by atoms with Crippen molar-refractivity contribution in [2.24, 2.45) is 0 Å². The van der Waals surface area contributed by atoms with Crippen LogP contribution in [0.2, 0.25) is 0 Å². The van der Waals surface area contributed by atoms with Gasteiger partial charge in [-0.15, -0.1) is 13.2 Å². The maximum atomic E-state index is 11.2. The summed E-state index contributed by atoms with van der Waals surface area (Å²) < 4.78 is 16.0. The van der Waals surface area contributed by atoms with E-state index in [0.717, 1.165) is 43.9 Å². The average molecular weight is 338 g/mol. The molecule has 0 spiro atoms. The topological polar surface area (TPSA) is 82.0 Å². The Hall–Kier alpha value is -1.59. The van der Waals surface area contributed by atoms with Crippen molar-refractivity contribution >= 4 is 13.5 Å². The molecule has 1 heterocycles. The van der Waals surface area contributed by atoms with Crippen LogP contribution in [0.3, 0.4) is 0 Å². The van der Waals surface area contributed by atoms with Gasteiger partial charge in [0.1, 0.15) is 5.75 Å². The lowest BCUT2D eigenvalue weighted by atomic mass is 9.96. The van der Waals surface area contributed by atoms with Crippen LogP contribution in [0.25, 0.3) is 0 Å². The highest BCUT2D eigenvalue weighted by Gasteiger charge is 2.29. The molecule has 0 aromatic heterocycles. The van der Waals surface area contributed by atoms with Crippen LogP contribution >= 0.6 is 7.82 Å². The molecule has 6 nitrogen and oxygen atoms in total. The quantitative estimate of drug-likeness (QED) is 0.474. The Balaban J connectivity index is 2.12. The molecular formula is C16H23N2O4P. The predicted molar refractivity (Wildman–Crippen MR) is 91.8 cm³/mol. The third-order valence-corrected chi connectivity index (χ3v) is 4.23. The molecule has 0 amide bonds. The summed E-state index contributed by atoms with van der Waals surface area (Å²) in [5, 5.41) is 3.27. The average Bonchev–Trinajstić information content (AvgIpc) is 2.88. The zero-order valence-corrected chi connectivity index (χ0v) is 13.9. The van der Waals surface area contributed by atoms with Crippen molar-refractivity contribution < 1.29 is 18.9 Å².